The maximum absolute atomic E-state index is 5.10. The summed E-state index contributed by atoms with van der Waals surface area (Å²) in [4.78, 5) is 0. The first-order valence-corrected chi connectivity index (χ1v) is 10.1. The molecule has 26 heavy (non-hydrogen) atoms. The van der Waals surface area contributed by atoms with Crippen LogP contribution in [0.2, 0.25) is 0 Å². The number of furan rings is 1. The van der Waals surface area contributed by atoms with Crippen LogP contribution in [-0.2, 0) is 6.42 Å². The van der Waals surface area contributed by atoms with Crippen LogP contribution in [0.25, 0.3) is 0 Å². The third kappa shape index (κ3) is 11.7. The van der Waals surface area contributed by atoms with E-state index in [0.717, 1.165) is 19.3 Å². The summed E-state index contributed by atoms with van der Waals surface area (Å²) in [5.74, 6) is 0. The van der Waals surface area contributed by atoms with Crippen LogP contribution in [0.1, 0.15) is 85.1 Å². The van der Waals surface area contributed by atoms with Crippen LogP contribution in [0, 0.1) is 0 Å². The molecule has 0 radical (unpaired) electrons. The van der Waals surface area contributed by atoms with Crippen molar-refractivity contribution in [1.82, 2.24) is 0 Å². The summed E-state index contributed by atoms with van der Waals surface area (Å²) in [5, 5.41) is 0. The fourth-order valence-electron chi connectivity index (χ4n) is 2.91. The molecule has 1 rings (SSSR count). The summed E-state index contributed by atoms with van der Waals surface area (Å²) in [6.07, 6.45) is 22.3. The van der Waals surface area contributed by atoms with E-state index in [1.54, 1.807) is 6.26 Å². The molecule has 0 saturated heterocycles. The van der Waals surface area contributed by atoms with Crippen LogP contribution in [0.4, 0.5) is 0 Å². The standard InChI is InChI=1S/C25H38O/c1-21(2)10-6-11-22(3)12-7-13-23(4)14-8-15-24(5)16-9-17-25-18-19-26-20-25/h10,12,14,16,18-20H,6-9,11,13,15,17H2,1-5H3/b22-12-,23-14+,24-16+. The molecule has 1 heteroatoms. The van der Waals surface area contributed by atoms with Crippen molar-refractivity contribution in [3.05, 3.63) is 70.8 Å². The summed E-state index contributed by atoms with van der Waals surface area (Å²) in [6, 6.07) is 2.05. The van der Waals surface area contributed by atoms with Crippen LogP contribution < -0.4 is 0 Å². The van der Waals surface area contributed by atoms with Gasteiger partial charge in [-0.05, 0) is 97.6 Å². The molecule has 0 atom stereocenters. The van der Waals surface area contributed by atoms with Crippen molar-refractivity contribution in [2.45, 2.75) is 86.0 Å². The molecule has 0 saturated carbocycles. The Morgan fingerprint density at radius 1 is 0.731 bits per heavy atom. The molecule has 1 aromatic rings. The Morgan fingerprint density at radius 3 is 1.69 bits per heavy atom. The van der Waals surface area contributed by atoms with Gasteiger partial charge in [-0.2, -0.15) is 0 Å². The summed E-state index contributed by atoms with van der Waals surface area (Å²) in [7, 11) is 0. The Morgan fingerprint density at radius 2 is 1.23 bits per heavy atom. The predicted molar refractivity (Wildman–Crippen MR) is 115 cm³/mol. The fraction of sp³-hybridized carbons (Fsp3) is 0.520. The molecule has 1 heterocycles. The van der Waals surface area contributed by atoms with E-state index >= 15 is 0 Å². The lowest BCUT2D eigenvalue weighted by Gasteiger charge is -2.03. The molecule has 0 amide bonds. The Labute approximate surface area is 161 Å². The molecule has 0 N–H and O–H groups in total. The Balaban J connectivity index is 2.18. The van der Waals surface area contributed by atoms with Gasteiger partial charge in [0, 0.05) is 0 Å². The van der Waals surface area contributed by atoms with Crippen LogP contribution in [0.15, 0.2) is 69.6 Å². The smallest absolute Gasteiger partial charge is 0.0934 e. The van der Waals surface area contributed by atoms with Gasteiger partial charge in [-0.1, -0.05) is 46.6 Å². The molecule has 0 aromatic carbocycles. The molecule has 144 valence electrons. The minimum absolute atomic E-state index is 1.07. The second kappa shape index (κ2) is 13.4. The average molecular weight is 355 g/mol. The molecule has 0 aliphatic heterocycles. The second-order valence-corrected chi connectivity index (χ2v) is 7.72. The number of allylic oxidation sites excluding steroid dienone is 8. The Kier molecular flexibility index (Phi) is 11.5. The quantitative estimate of drug-likeness (QED) is 0.344. The van der Waals surface area contributed by atoms with Crippen molar-refractivity contribution in [3.8, 4) is 0 Å². The molecule has 0 bridgehead atoms. The SMILES string of the molecule is CC(C)=CCC/C(C)=C\CC/C(C)=C/CC/C(C)=C/CCc1ccoc1. The van der Waals surface area contributed by atoms with E-state index in [-0.39, 0.29) is 0 Å². The number of aryl methyl sites for hydroxylation is 1. The molecule has 1 nitrogen and oxygen atoms in total. The normalized spacial score (nSPS) is 13.2. The fourth-order valence-corrected chi connectivity index (χ4v) is 2.91. The third-order valence-electron chi connectivity index (χ3n) is 4.66. The summed E-state index contributed by atoms with van der Waals surface area (Å²) >= 11 is 0. The number of rotatable bonds is 12. The topological polar surface area (TPSA) is 13.1 Å². The molecule has 1 aromatic heterocycles. The molecule has 0 unspecified atom stereocenters. The van der Waals surface area contributed by atoms with Gasteiger partial charge in [0.15, 0.2) is 0 Å². The highest BCUT2D eigenvalue weighted by molar-refractivity contribution is 5.09. The lowest BCUT2D eigenvalue weighted by atomic mass is 10.0. The van der Waals surface area contributed by atoms with Crippen molar-refractivity contribution in [2.24, 2.45) is 0 Å². The van der Waals surface area contributed by atoms with Crippen LogP contribution in [0.5, 0.6) is 0 Å². The second-order valence-electron chi connectivity index (χ2n) is 7.72. The molecule has 0 spiro atoms. The van der Waals surface area contributed by atoms with Gasteiger partial charge in [0.1, 0.15) is 0 Å². The molecule has 0 fully saturated rings. The first-order valence-electron chi connectivity index (χ1n) is 10.1. The highest BCUT2D eigenvalue weighted by Gasteiger charge is 1.95. The Bertz CT molecular complexity index is 605. The number of hydrogen-bond donors (Lipinski definition) is 0. The Hall–Kier alpha value is -1.76. The lowest BCUT2D eigenvalue weighted by molar-refractivity contribution is 0.564. The van der Waals surface area contributed by atoms with E-state index in [4.69, 9.17) is 4.42 Å². The minimum atomic E-state index is 1.07. The number of hydrogen-bond acceptors (Lipinski definition) is 1. The van der Waals surface area contributed by atoms with Gasteiger partial charge >= 0.3 is 0 Å². The zero-order valence-corrected chi connectivity index (χ0v) is 17.6. The molecule has 0 aliphatic carbocycles. The van der Waals surface area contributed by atoms with Crippen molar-refractivity contribution >= 4 is 0 Å². The van der Waals surface area contributed by atoms with Crippen molar-refractivity contribution in [2.75, 3.05) is 0 Å². The summed E-state index contributed by atoms with van der Waals surface area (Å²) < 4.78 is 5.10. The first kappa shape index (κ1) is 22.3. The van der Waals surface area contributed by atoms with Gasteiger partial charge in [-0.3, -0.25) is 0 Å². The summed E-state index contributed by atoms with van der Waals surface area (Å²) in [5.41, 5.74) is 7.24. The van der Waals surface area contributed by atoms with Crippen molar-refractivity contribution in [3.63, 3.8) is 0 Å². The van der Waals surface area contributed by atoms with E-state index < -0.39 is 0 Å². The van der Waals surface area contributed by atoms with E-state index in [9.17, 15) is 0 Å². The van der Waals surface area contributed by atoms with Crippen LogP contribution >= 0.6 is 0 Å². The maximum Gasteiger partial charge on any atom is 0.0934 e. The van der Waals surface area contributed by atoms with Gasteiger partial charge < -0.3 is 4.42 Å². The van der Waals surface area contributed by atoms with E-state index in [0.29, 0.717) is 0 Å². The molecular formula is C25H38O. The van der Waals surface area contributed by atoms with Crippen LogP contribution in [0.3, 0.4) is 0 Å². The highest BCUT2D eigenvalue weighted by Crippen LogP contribution is 2.14. The van der Waals surface area contributed by atoms with Gasteiger partial charge in [-0.25, -0.2) is 0 Å². The lowest BCUT2D eigenvalue weighted by Crippen LogP contribution is -1.83. The summed E-state index contributed by atoms with van der Waals surface area (Å²) in [6.45, 7) is 11.1. The van der Waals surface area contributed by atoms with Crippen molar-refractivity contribution in [1.29, 1.82) is 0 Å². The largest absolute Gasteiger partial charge is 0.472 e. The maximum atomic E-state index is 5.10. The zero-order valence-electron chi connectivity index (χ0n) is 17.6. The third-order valence-corrected chi connectivity index (χ3v) is 4.66. The predicted octanol–water partition coefficient (Wildman–Crippen LogP) is 8.36. The monoisotopic (exact) mass is 354 g/mol. The first-order chi connectivity index (χ1) is 12.5. The van der Waals surface area contributed by atoms with Gasteiger partial charge in [0.2, 0.25) is 0 Å². The zero-order chi connectivity index (χ0) is 19.2. The minimum Gasteiger partial charge on any atom is -0.472 e. The van der Waals surface area contributed by atoms with Crippen LogP contribution in [-0.4, -0.2) is 0 Å². The van der Waals surface area contributed by atoms with Gasteiger partial charge in [-0.15, -0.1) is 0 Å². The van der Waals surface area contributed by atoms with E-state index in [1.807, 2.05) is 12.3 Å². The highest BCUT2D eigenvalue weighted by atomic mass is 16.3. The average Bonchev–Trinajstić information content (AvgIpc) is 3.08. The molecule has 0 aliphatic rings. The van der Waals surface area contributed by atoms with Crippen molar-refractivity contribution < 1.29 is 4.42 Å². The van der Waals surface area contributed by atoms with Gasteiger partial charge in [0.25, 0.3) is 0 Å². The van der Waals surface area contributed by atoms with E-state index in [1.165, 1.54) is 60.0 Å². The molecular weight excluding hydrogens is 316 g/mol. The van der Waals surface area contributed by atoms with Gasteiger partial charge in [0.05, 0.1) is 12.5 Å². The van der Waals surface area contributed by atoms with E-state index in [2.05, 4.69) is 58.9 Å².